The summed E-state index contributed by atoms with van der Waals surface area (Å²) in [5.74, 6) is -0.0623. The standard InChI is InChI=1S/C20H17BrFNO2/c1-19(22)10-20(11-19,12-6-8-13(21)9-7-12)23-17(24)15-5-3-2-4-14(15)16-18(23)25-16/h2-9,16,18H,10-11H2,1H3. The molecule has 1 amide bonds. The first-order valence-electron chi connectivity index (χ1n) is 8.44. The van der Waals surface area contributed by atoms with Crippen LogP contribution in [-0.2, 0) is 10.3 Å². The molecular formula is C20H17BrFNO2. The average Bonchev–Trinajstić information content (AvgIpc) is 3.34. The lowest BCUT2D eigenvalue weighted by atomic mass is 9.62. The van der Waals surface area contributed by atoms with Crippen molar-refractivity contribution in [1.82, 2.24) is 4.90 Å². The van der Waals surface area contributed by atoms with Crippen LogP contribution in [0.5, 0.6) is 0 Å². The summed E-state index contributed by atoms with van der Waals surface area (Å²) >= 11 is 3.44. The van der Waals surface area contributed by atoms with Gasteiger partial charge >= 0.3 is 0 Å². The van der Waals surface area contributed by atoms with Crippen LogP contribution in [-0.4, -0.2) is 22.7 Å². The molecule has 2 aromatic rings. The van der Waals surface area contributed by atoms with Gasteiger partial charge in [-0.25, -0.2) is 4.39 Å². The number of carbonyl (C=O) groups excluding carboxylic acids is 1. The van der Waals surface area contributed by atoms with Crippen LogP contribution < -0.4 is 0 Å². The summed E-state index contributed by atoms with van der Waals surface area (Å²) in [6, 6.07) is 15.4. The van der Waals surface area contributed by atoms with Gasteiger partial charge in [0.1, 0.15) is 11.8 Å². The normalized spacial score (nSPS) is 35.6. The van der Waals surface area contributed by atoms with Crippen molar-refractivity contribution < 1.29 is 13.9 Å². The first kappa shape index (κ1) is 15.5. The molecule has 0 aromatic heterocycles. The van der Waals surface area contributed by atoms with E-state index in [0.717, 1.165) is 15.6 Å². The maximum atomic E-state index is 14.6. The van der Waals surface area contributed by atoms with Crippen molar-refractivity contribution in [3.05, 3.63) is 69.7 Å². The Morgan fingerprint density at radius 2 is 1.84 bits per heavy atom. The van der Waals surface area contributed by atoms with Gasteiger partial charge in [-0.05, 0) is 36.2 Å². The molecule has 0 N–H and O–H groups in total. The number of amides is 1. The Kier molecular flexibility index (Phi) is 3.06. The van der Waals surface area contributed by atoms with Gasteiger partial charge < -0.3 is 4.74 Å². The molecule has 1 saturated heterocycles. The van der Waals surface area contributed by atoms with E-state index in [2.05, 4.69) is 15.9 Å². The van der Waals surface area contributed by atoms with Gasteiger partial charge in [-0.3, -0.25) is 9.69 Å². The Labute approximate surface area is 153 Å². The maximum Gasteiger partial charge on any atom is 0.257 e. The summed E-state index contributed by atoms with van der Waals surface area (Å²) < 4.78 is 21.4. The van der Waals surface area contributed by atoms with E-state index in [1.807, 2.05) is 48.5 Å². The topological polar surface area (TPSA) is 32.8 Å². The lowest BCUT2D eigenvalue weighted by molar-refractivity contribution is -0.0964. The molecule has 2 unspecified atom stereocenters. The highest BCUT2D eigenvalue weighted by Crippen LogP contribution is 2.60. The van der Waals surface area contributed by atoms with Crippen molar-refractivity contribution in [2.24, 2.45) is 0 Å². The monoisotopic (exact) mass is 401 g/mol. The van der Waals surface area contributed by atoms with Crippen LogP contribution >= 0.6 is 15.9 Å². The number of rotatable bonds is 2. The number of hydrogen-bond donors (Lipinski definition) is 0. The molecule has 2 aromatic carbocycles. The predicted octanol–water partition coefficient (Wildman–Crippen LogP) is 4.72. The number of nitrogens with zero attached hydrogens (tertiary/aromatic N) is 1. The highest BCUT2D eigenvalue weighted by molar-refractivity contribution is 9.10. The lowest BCUT2D eigenvalue weighted by Crippen LogP contribution is -2.63. The first-order chi connectivity index (χ1) is 11.9. The average molecular weight is 402 g/mol. The summed E-state index contributed by atoms with van der Waals surface area (Å²) in [7, 11) is 0. The third-order valence-corrected chi connectivity index (χ3v) is 6.13. The second-order valence-corrected chi connectivity index (χ2v) is 8.43. The molecule has 5 heteroatoms. The van der Waals surface area contributed by atoms with Crippen molar-refractivity contribution >= 4 is 21.8 Å². The maximum absolute atomic E-state index is 14.6. The van der Waals surface area contributed by atoms with E-state index in [0.29, 0.717) is 18.4 Å². The molecule has 1 aliphatic carbocycles. The minimum absolute atomic E-state index is 0.0623. The van der Waals surface area contributed by atoms with E-state index in [4.69, 9.17) is 4.74 Å². The largest absolute Gasteiger partial charge is 0.342 e. The quantitative estimate of drug-likeness (QED) is 0.682. The van der Waals surface area contributed by atoms with Crippen molar-refractivity contribution in [1.29, 1.82) is 0 Å². The van der Waals surface area contributed by atoms with Crippen LogP contribution in [0.25, 0.3) is 0 Å². The second-order valence-electron chi connectivity index (χ2n) is 7.52. The minimum Gasteiger partial charge on any atom is -0.342 e. The third kappa shape index (κ3) is 2.15. The Bertz CT molecular complexity index is 872. The zero-order chi connectivity index (χ0) is 17.4. The highest BCUT2D eigenvalue weighted by Gasteiger charge is 2.65. The summed E-state index contributed by atoms with van der Waals surface area (Å²) in [5.41, 5.74) is 0.670. The number of carbonyl (C=O) groups is 1. The molecular weight excluding hydrogens is 385 g/mol. The zero-order valence-electron chi connectivity index (χ0n) is 13.7. The van der Waals surface area contributed by atoms with Crippen molar-refractivity contribution in [2.45, 2.75) is 43.3 Å². The highest BCUT2D eigenvalue weighted by atomic mass is 79.9. The van der Waals surface area contributed by atoms with E-state index in [-0.39, 0.29) is 18.2 Å². The van der Waals surface area contributed by atoms with Crippen LogP contribution in [0.4, 0.5) is 4.39 Å². The van der Waals surface area contributed by atoms with E-state index in [9.17, 15) is 9.18 Å². The molecule has 5 rings (SSSR count). The van der Waals surface area contributed by atoms with E-state index < -0.39 is 11.2 Å². The molecule has 0 bridgehead atoms. The number of ether oxygens (including phenoxy) is 1. The molecule has 2 heterocycles. The molecule has 2 aliphatic heterocycles. The Balaban J connectivity index is 1.62. The van der Waals surface area contributed by atoms with Crippen LogP contribution in [0.1, 0.15) is 47.4 Å². The minimum atomic E-state index is -1.27. The van der Waals surface area contributed by atoms with Crippen LogP contribution in [0.2, 0.25) is 0 Å². The number of benzene rings is 2. The van der Waals surface area contributed by atoms with Crippen LogP contribution in [0, 0.1) is 0 Å². The van der Waals surface area contributed by atoms with Gasteiger partial charge in [0.05, 0.1) is 5.54 Å². The molecule has 2 fully saturated rings. The number of halogens is 2. The van der Waals surface area contributed by atoms with Crippen molar-refractivity contribution in [3.8, 4) is 0 Å². The fourth-order valence-electron chi connectivity index (χ4n) is 4.59. The van der Waals surface area contributed by atoms with Gasteiger partial charge in [-0.1, -0.05) is 46.3 Å². The first-order valence-corrected chi connectivity index (χ1v) is 9.24. The number of hydrogen-bond acceptors (Lipinski definition) is 2. The van der Waals surface area contributed by atoms with Gasteiger partial charge in [0, 0.05) is 22.9 Å². The number of fused-ring (bicyclic) bond motifs is 3. The molecule has 25 heavy (non-hydrogen) atoms. The second kappa shape index (κ2) is 4.92. The van der Waals surface area contributed by atoms with Crippen molar-refractivity contribution in [3.63, 3.8) is 0 Å². The fourth-order valence-corrected chi connectivity index (χ4v) is 4.86. The predicted molar refractivity (Wildman–Crippen MR) is 94.8 cm³/mol. The van der Waals surface area contributed by atoms with Gasteiger partial charge in [-0.2, -0.15) is 0 Å². The zero-order valence-corrected chi connectivity index (χ0v) is 15.3. The van der Waals surface area contributed by atoms with Crippen molar-refractivity contribution in [2.75, 3.05) is 0 Å². The number of alkyl halides is 1. The molecule has 0 spiro atoms. The molecule has 3 nitrogen and oxygen atoms in total. The summed E-state index contributed by atoms with van der Waals surface area (Å²) in [4.78, 5) is 15.1. The van der Waals surface area contributed by atoms with Gasteiger partial charge in [0.25, 0.3) is 5.91 Å². The third-order valence-electron chi connectivity index (χ3n) is 5.60. The fraction of sp³-hybridized carbons (Fsp3) is 0.350. The summed E-state index contributed by atoms with van der Waals surface area (Å²) in [5, 5.41) is 0. The van der Waals surface area contributed by atoms with E-state index in [1.54, 1.807) is 11.8 Å². The Morgan fingerprint density at radius 3 is 2.52 bits per heavy atom. The van der Waals surface area contributed by atoms with Gasteiger partial charge in [-0.15, -0.1) is 0 Å². The Hall–Kier alpha value is -1.72. The molecule has 0 radical (unpaired) electrons. The molecule has 1 saturated carbocycles. The lowest BCUT2D eigenvalue weighted by Gasteiger charge is -2.56. The number of epoxide rings is 1. The molecule has 3 aliphatic rings. The molecule has 2 atom stereocenters. The molecule has 128 valence electrons. The van der Waals surface area contributed by atoms with E-state index >= 15 is 0 Å². The smallest absolute Gasteiger partial charge is 0.257 e. The summed E-state index contributed by atoms with van der Waals surface area (Å²) in [6.45, 7) is 1.61. The van der Waals surface area contributed by atoms with Crippen LogP contribution in [0.15, 0.2) is 53.0 Å². The van der Waals surface area contributed by atoms with Crippen LogP contribution in [0.3, 0.4) is 0 Å². The SMILES string of the molecule is CC1(F)CC(c2ccc(Br)cc2)(N2C(=O)c3ccccc3C3OC32)C1. The summed E-state index contributed by atoms with van der Waals surface area (Å²) in [6.07, 6.45) is 0.208. The Morgan fingerprint density at radius 1 is 1.16 bits per heavy atom. The van der Waals surface area contributed by atoms with Gasteiger partial charge in [0.15, 0.2) is 6.23 Å². The van der Waals surface area contributed by atoms with Gasteiger partial charge in [0.2, 0.25) is 0 Å². The van der Waals surface area contributed by atoms with E-state index in [1.165, 1.54) is 0 Å².